The van der Waals surface area contributed by atoms with Gasteiger partial charge in [0.2, 0.25) is 0 Å². The first-order valence-electron chi connectivity index (χ1n) is 4.77. The Morgan fingerprint density at radius 1 is 1.33 bits per heavy atom. The van der Waals surface area contributed by atoms with E-state index in [4.69, 9.17) is 0 Å². The topological polar surface area (TPSA) is 66.9 Å². The van der Waals surface area contributed by atoms with Crippen molar-refractivity contribution < 1.29 is 4.79 Å². The number of nitrogens with one attached hydrogen (secondary N) is 2. The van der Waals surface area contributed by atoms with Crippen molar-refractivity contribution in [2.45, 2.75) is 20.8 Å². The van der Waals surface area contributed by atoms with Crippen molar-refractivity contribution in [3.8, 4) is 0 Å². The van der Waals surface area contributed by atoms with Crippen molar-refractivity contribution in [3.05, 3.63) is 24.3 Å². The van der Waals surface area contributed by atoms with Crippen LogP contribution in [0, 0.1) is 5.41 Å². The van der Waals surface area contributed by atoms with Crippen molar-refractivity contribution >= 4 is 5.91 Å². The molecule has 0 aliphatic rings. The van der Waals surface area contributed by atoms with Crippen LogP contribution in [-0.4, -0.2) is 22.4 Å². The van der Waals surface area contributed by atoms with Crippen molar-refractivity contribution in [3.63, 3.8) is 0 Å². The van der Waals surface area contributed by atoms with E-state index in [2.05, 4.69) is 41.6 Å². The third kappa shape index (κ3) is 4.51. The number of amides is 1. The summed E-state index contributed by atoms with van der Waals surface area (Å²) in [5.41, 5.74) is 6.02. The summed E-state index contributed by atoms with van der Waals surface area (Å²) in [5.74, 6) is -0.222. The SMILES string of the molecule is CC(C)(C)CNNC(=O)c1cncnc1. The Kier molecular flexibility index (Phi) is 3.74. The number of hydrogen-bond donors (Lipinski definition) is 2. The number of hydrazine groups is 1. The zero-order chi connectivity index (χ0) is 11.3. The van der Waals surface area contributed by atoms with Crippen LogP contribution in [0.1, 0.15) is 31.1 Å². The molecular formula is C10H16N4O. The summed E-state index contributed by atoms with van der Waals surface area (Å²) in [6.45, 7) is 6.94. The maximum absolute atomic E-state index is 11.5. The number of hydrogen-bond acceptors (Lipinski definition) is 4. The second-order valence-electron chi connectivity index (χ2n) is 4.50. The molecule has 1 heterocycles. The molecule has 1 aromatic rings. The lowest BCUT2D eigenvalue weighted by molar-refractivity contribution is 0.0926. The third-order valence-corrected chi connectivity index (χ3v) is 1.64. The molecule has 15 heavy (non-hydrogen) atoms. The molecule has 1 amide bonds. The first kappa shape index (κ1) is 11.6. The first-order chi connectivity index (χ1) is 6.99. The van der Waals surface area contributed by atoms with E-state index in [1.807, 2.05) is 0 Å². The lowest BCUT2D eigenvalue weighted by Crippen LogP contribution is -2.41. The third-order valence-electron chi connectivity index (χ3n) is 1.64. The molecule has 5 heteroatoms. The van der Waals surface area contributed by atoms with Crippen molar-refractivity contribution in [1.29, 1.82) is 0 Å². The summed E-state index contributed by atoms with van der Waals surface area (Å²) in [6.07, 6.45) is 4.33. The lowest BCUT2D eigenvalue weighted by Gasteiger charge is -2.18. The predicted octanol–water partition coefficient (Wildman–Crippen LogP) is 0.757. The van der Waals surface area contributed by atoms with Crippen LogP contribution in [0.15, 0.2) is 18.7 Å². The predicted molar refractivity (Wildman–Crippen MR) is 57.0 cm³/mol. The van der Waals surface area contributed by atoms with Gasteiger partial charge in [-0.3, -0.25) is 10.2 Å². The fourth-order valence-electron chi connectivity index (χ4n) is 0.878. The largest absolute Gasteiger partial charge is 0.287 e. The van der Waals surface area contributed by atoms with Gasteiger partial charge in [-0.15, -0.1) is 0 Å². The van der Waals surface area contributed by atoms with Crippen molar-refractivity contribution in [2.75, 3.05) is 6.54 Å². The second kappa shape index (κ2) is 4.84. The Morgan fingerprint density at radius 2 is 1.93 bits per heavy atom. The fraction of sp³-hybridized carbons (Fsp3) is 0.500. The molecule has 0 aliphatic heterocycles. The van der Waals surface area contributed by atoms with Gasteiger partial charge in [-0.1, -0.05) is 20.8 Å². The summed E-state index contributed by atoms with van der Waals surface area (Å²) < 4.78 is 0. The van der Waals surface area contributed by atoms with Crippen LogP contribution < -0.4 is 10.9 Å². The molecule has 0 saturated heterocycles. The highest BCUT2D eigenvalue weighted by Gasteiger charge is 2.10. The maximum Gasteiger partial charge on any atom is 0.268 e. The fourth-order valence-corrected chi connectivity index (χ4v) is 0.878. The van der Waals surface area contributed by atoms with Gasteiger partial charge in [0.25, 0.3) is 5.91 Å². The van der Waals surface area contributed by atoms with Crippen LogP contribution in [0.5, 0.6) is 0 Å². The number of nitrogens with zero attached hydrogens (tertiary/aromatic N) is 2. The van der Waals surface area contributed by atoms with Crippen LogP contribution in [0.2, 0.25) is 0 Å². The van der Waals surface area contributed by atoms with Crippen LogP contribution in [0.25, 0.3) is 0 Å². The van der Waals surface area contributed by atoms with E-state index in [1.165, 1.54) is 18.7 Å². The highest BCUT2D eigenvalue weighted by molar-refractivity contribution is 5.93. The zero-order valence-corrected chi connectivity index (χ0v) is 9.24. The van der Waals surface area contributed by atoms with Gasteiger partial charge in [0.15, 0.2) is 0 Å². The Balaban J connectivity index is 2.38. The molecule has 0 bridgehead atoms. The molecule has 2 N–H and O–H groups in total. The van der Waals surface area contributed by atoms with Gasteiger partial charge < -0.3 is 0 Å². The average molecular weight is 208 g/mol. The molecule has 0 radical (unpaired) electrons. The van der Waals surface area contributed by atoms with Gasteiger partial charge >= 0.3 is 0 Å². The highest BCUT2D eigenvalue weighted by atomic mass is 16.2. The minimum absolute atomic E-state index is 0.125. The van der Waals surface area contributed by atoms with Gasteiger partial charge in [-0.2, -0.15) is 0 Å². The number of aromatic nitrogens is 2. The maximum atomic E-state index is 11.5. The van der Waals surface area contributed by atoms with E-state index in [-0.39, 0.29) is 11.3 Å². The average Bonchev–Trinajstić information content (AvgIpc) is 2.17. The molecule has 82 valence electrons. The van der Waals surface area contributed by atoms with Crippen LogP contribution >= 0.6 is 0 Å². The molecule has 0 unspecified atom stereocenters. The van der Waals surface area contributed by atoms with E-state index < -0.39 is 0 Å². The first-order valence-corrected chi connectivity index (χ1v) is 4.77. The second-order valence-corrected chi connectivity index (χ2v) is 4.50. The van der Waals surface area contributed by atoms with E-state index in [1.54, 1.807) is 0 Å². The minimum Gasteiger partial charge on any atom is -0.287 e. The monoisotopic (exact) mass is 208 g/mol. The van der Waals surface area contributed by atoms with Gasteiger partial charge in [0.05, 0.1) is 5.56 Å². The molecule has 1 rings (SSSR count). The summed E-state index contributed by atoms with van der Waals surface area (Å²) in [5, 5.41) is 0. The van der Waals surface area contributed by atoms with Gasteiger partial charge in [-0.05, 0) is 5.41 Å². The Bertz CT molecular complexity index is 318. The molecular weight excluding hydrogens is 192 g/mol. The molecule has 0 atom stereocenters. The summed E-state index contributed by atoms with van der Waals surface area (Å²) in [4.78, 5) is 19.0. The molecule has 0 spiro atoms. The number of rotatable bonds is 3. The lowest BCUT2D eigenvalue weighted by atomic mass is 9.97. The molecule has 0 aliphatic carbocycles. The van der Waals surface area contributed by atoms with Crippen LogP contribution in [0.3, 0.4) is 0 Å². The molecule has 0 aromatic carbocycles. The molecule has 0 fully saturated rings. The smallest absolute Gasteiger partial charge is 0.268 e. The van der Waals surface area contributed by atoms with Gasteiger partial charge in [0, 0.05) is 18.9 Å². The Labute approximate surface area is 89.3 Å². The quantitative estimate of drug-likeness (QED) is 0.720. The van der Waals surface area contributed by atoms with Gasteiger partial charge in [-0.25, -0.2) is 15.4 Å². The summed E-state index contributed by atoms with van der Waals surface area (Å²) in [7, 11) is 0. The zero-order valence-electron chi connectivity index (χ0n) is 9.24. The summed E-state index contributed by atoms with van der Waals surface area (Å²) >= 11 is 0. The Morgan fingerprint density at radius 3 is 2.47 bits per heavy atom. The van der Waals surface area contributed by atoms with Gasteiger partial charge in [0.1, 0.15) is 6.33 Å². The number of carbonyl (C=O) groups excluding carboxylic acids is 1. The normalized spacial score (nSPS) is 11.1. The Hall–Kier alpha value is -1.49. The van der Waals surface area contributed by atoms with E-state index in [0.717, 1.165) is 0 Å². The van der Waals surface area contributed by atoms with Crippen LogP contribution in [-0.2, 0) is 0 Å². The van der Waals surface area contributed by atoms with Crippen molar-refractivity contribution in [2.24, 2.45) is 5.41 Å². The van der Waals surface area contributed by atoms with E-state index in [9.17, 15) is 4.79 Å². The van der Waals surface area contributed by atoms with Crippen molar-refractivity contribution in [1.82, 2.24) is 20.8 Å². The standard InChI is InChI=1S/C10H16N4O/c1-10(2,3)6-13-14-9(15)8-4-11-7-12-5-8/h4-5,7,13H,6H2,1-3H3,(H,14,15). The summed E-state index contributed by atoms with van der Waals surface area (Å²) in [6, 6.07) is 0. The van der Waals surface area contributed by atoms with E-state index in [0.29, 0.717) is 12.1 Å². The number of carbonyl (C=O) groups is 1. The highest BCUT2D eigenvalue weighted by Crippen LogP contribution is 2.09. The minimum atomic E-state index is -0.222. The molecule has 5 nitrogen and oxygen atoms in total. The molecule has 0 saturated carbocycles. The van der Waals surface area contributed by atoms with Crippen LogP contribution in [0.4, 0.5) is 0 Å². The van der Waals surface area contributed by atoms with E-state index >= 15 is 0 Å². The molecule has 1 aromatic heterocycles.